The van der Waals surface area contributed by atoms with E-state index in [0.717, 1.165) is 17.7 Å². The molecule has 1 fully saturated rings. The van der Waals surface area contributed by atoms with Crippen molar-refractivity contribution in [2.75, 3.05) is 26.2 Å². The summed E-state index contributed by atoms with van der Waals surface area (Å²) in [5.41, 5.74) is 0.199. The molecule has 6 nitrogen and oxygen atoms in total. The number of pyridine rings is 1. The van der Waals surface area contributed by atoms with Gasteiger partial charge in [-0.15, -0.1) is 0 Å². The summed E-state index contributed by atoms with van der Waals surface area (Å²) in [5, 5.41) is 0. The molecule has 0 spiro atoms. The SMILES string of the molecule is O=C(c1cnc2ccccn2c1=O)N1CCN(Cc2ccc(C(F)(F)F)cc2)CC1. The van der Waals surface area contributed by atoms with Crippen LogP contribution in [0.3, 0.4) is 0 Å². The molecule has 0 N–H and O–H groups in total. The van der Waals surface area contributed by atoms with Gasteiger partial charge >= 0.3 is 6.18 Å². The van der Waals surface area contributed by atoms with Crippen LogP contribution in [0.25, 0.3) is 5.65 Å². The van der Waals surface area contributed by atoms with Gasteiger partial charge in [0.25, 0.3) is 11.5 Å². The van der Waals surface area contributed by atoms with Gasteiger partial charge in [-0.25, -0.2) is 4.98 Å². The molecule has 0 bridgehead atoms. The Morgan fingerprint density at radius 2 is 1.70 bits per heavy atom. The maximum Gasteiger partial charge on any atom is 0.416 e. The molecule has 0 atom stereocenters. The molecule has 1 amide bonds. The van der Waals surface area contributed by atoms with Crippen molar-refractivity contribution in [3.63, 3.8) is 0 Å². The van der Waals surface area contributed by atoms with Crippen LogP contribution in [0.1, 0.15) is 21.5 Å². The average molecular weight is 416 g/mol. The molecule has 0 radical (unpaired) electrons. The number of fused-ring (bicyclic) bond motifs is 1. The summed E-state index contributed by atoms with van der Waals surface area (Å²) in [6.07, 6.45) is -1.46. The average Bonchev–Trinajstić information content (AvgIpc) is 2.74. The van der Waals surface area contributed by atoms with E-state index in [0.29, 0.717) is 38.4 Å². The van der Waals surface area contributed by atoms with Crippen LogP contribution in [-0.2, 0) is 12.7 Å². The Hall–Kier alpha value is -3.20. The number of alkyl halides is 3. The molecule has 3 heterocycles. The van der Waals surface area contributed by atoms with E-state index >= 15 is 0 Å². The number of piperazine rings is 1. The first-order valence-corrected chi connectivity index (χ1v) is 9.47. The first-order valence-electron chi connectivity index (χ1n) is 9.47. The molecule has 30 heavy (non-hydrogen) atoms. The Kier molecular flexibility index (Phi) is 5.29. The van der Waals surface area contributed by atoms with Gasteiger partial charge in [0, 0.05) is 45.1 Å². The molecule has 3 aromatic rings. The zero-order chi connectivity index (χ0) is 21.3. The second-order valence-electron chi connectivity index (χ2n) is 7.17. The van der Waals surface area contributed by atoms with Crippen molar-refractivity contribution in [2.24, 2.45) is 0 Å². The minimum absolute atomic E-state index is 0.0230. The van der Waals surface area contributed by atoms with Crippen LogP contribution in [-0.4, -0.2) is 51.3 Å². The molecule has 4 rings (SSSR count). The number of nitrogens with zero attached hydrogens (tertiary/aromatic N) is 4. The second kappa shape index (κ2) is 7.91. The van der Waals surface area contributed by atoms with Crippen molar-refractivity contribution < 1.29 is 18.0 Å². The molecule has 156 valence electrons. The van der Waals surface area contributed by atoms with E-state index in [4.69, 9.17) is 0 Å². The van der Waals surface area contributed by atoms with Crippen LogP contribution in [0.15, 0.2) is 59.7 Å². The fourth-order valence-electron chi connectivity index (χ4n) is 3.51. The van der Waals surface area contributed by atoms with Gasteiger partial charge < -0.3 is 4.90 Å². The summed E-state index contributed by atoms with van der Waals surface area (Å²) in [5.74, 6) is -0.361. The van der Waals surface area contributed by atoms with Gasteiger partial charge in [-0.1, -0.05) is 18.2 Å². The third-order valence-corrected chi connectivity index (χ3v) is 5.19. The lowest BCUT2D eigenvalue weighted by Gasteiger charge is -2.34. The van der Waals surface area contributed by atoms with Crippen LogP contribution in [0.2, 0.25) is 0 Å². The van der Waals surface area contributed by atoms with Gasteiger partial charge in [0.1, 0.15) is 11.2 Å². The van der Waals surface area contributed by atoms with E-state index in [1.54, 1.807) is 29.3 Å². The van der Waals surface area contributed by atoms with E-state index in [1.165, 1.54) is 22.7 Å². The molecule has 2 aromatic heterocycles. The first-order chi connectivity index (χ1) is 14.3. The third kappa shape index (κ3) is 4.06. The number of hydrogen-bond acceptors (Lipinski definition) is 4. The van der Waals surface area contributed by atoms with Crippen molar-refractivity contribution in [1.82, 2.24) is 19.2 Å². The molecular weight excluding hydrogens is 397 g/mol. The van der Waals surface area contributed by atoms with Crippen LogP contribution in [0.4, 0.5) is 13.2 Å². The highest BCUT2D eigenvalue weighted by atomic mass is 19.4. The minimum Gasteiger partial charge on any atom is -0.336 e. The standard InChI is InChI=1S/C21H19F3N4O2/c22-21(23,24)16-6-4-15(5-7-16)14-26-9-11-27(12-10-26)19(29)17-13-25-18-3-1-2-8-28(18)20(17)30/h1-8,13H,9-12,14H2. The van der Waals surface area contributed by atoms with Crippen molar-refractivity contribution in [3.05, 3.63) is 81.9 Å². The Morgan fingerprint density at radius 3 is 2.37 bits per heavy atom. The molecule has 1 aromatic carbocycles. The van der Waals surface area contributed by atoms with Gasteiger partial charge in [0.05, 0.1) is 5.56 Å². The Labute approximate surface area is 170 Å². The van der Waals surface area contributed by atoms with E-state index in [2.05, 4.69) is 9.88 Å². The van der Waals surface area contributed by atoms with Crippen molar-refractivity contribution in [2.45, 2.75) is 12.7 Å². The Balaban J connectivity index is 1.39. The fourth-order valence-corrected chi connectivity index (χ4v) is 3.51. The number of halogens is 3. The van der Waals surface area contributed by atoms with Crippen LogP contribution in [0.5, 0.6) is 0 Å². The first kappa shape index (κ1) is 20.1. The summed E-state index contributed by atoms with van der Waals surface area (Å²) in [6.45, 7) is 2.48. The molecule has 1 saturated heterocycles. The monoisotopic (exact) mass is 416 g/mol. The van der Waals surface area contributed by atoms with Gasteiger partial charge in [0.15, 0.2) is 0 Å². The lowest BCUT2D eigenvalue weighted by atomic mass is 10.1. The highest BCUT2D eigenvalue weighted by Crippen LogP contribution is 2.29. The zero-order valence-electron chi connectivity index (χ0n) is 16.0. The number of carbonyl (C=O) groups is 1. The minimum atomic E-state index is -4.35. The van der Waals surface area contributed by atoms with E-state index < -0.39 is 17.3 Å². The van der Waals surface area contributed by atoms with Crippen LogP contribution >= 0.6 is 0 Å². The van der Waals surface area contributed by atoms with Crippen molar-refractivity contribution in [1.29, 1.82) is 0 Å². The third-order valence-electron chi connectivity index (χ3n) is 5.19. The van der Waals surface area contributed by atoms with E-state index in [9.17, 15) is 22.8 Å². The van der Waals surface area contributed by atoms with Gasteiger partial charge in [-0.3, -0.25) is 18.9 Å². The quantitative estimate of drug-likeness (QED) is 0.659. The number of rotatable bonds is 3. The largest absolute Gasteiger partial charge is 0.416 e. The lowest BCUT2D eigenvalue weighted by molar-refractivity contribution is -0.137. The Bertz CT molecular complexity index is 1120. The number of amides is 1. The van der Waals surface area contributed by atoms with Crippen molar-refractivity contribution >= 4 is 11.6 Å². The van der Waals surface area contributed by atoms with Crippen LogP contribution in [0, 0.1) is 0 Å². The topological polar surface area (TPSA) is 57.9 Å². The summed E-state index contributed by atoms with van der Waals surface area (Å²) < 4.78 is 39.4. The highest BCUT2D eigenvalue weighted by molar-refractivity contribution is 5.93. The smallest absolute Gasteiger partial charge is 0.336 e. The summed E-state index contributed by atoms with van der Waals surface area (Å²) in [6, 6.07) is 10.3. The number of benzene rings is 1. The maximum atomic E-state index is 12.8. The van der Waals surface area contributed by atoms with E-state index in [1.807, 2.05) is 0 Å². The number of hydrogen-bond donors (Lipinski definition) is 0. The van der Waals surface area contributed by atoms with Crippen LogP contribution < -0.4 is 5.56 Å². The zero-order valence-corrected chi connectivity index (χ0v) is 16.0. The molecule has 1 aliphatic rings. The van der Waals surface area contributed by atoms with Gasteiger partial charge in [-0.2, -0.15) is 13.2 Å². The summed E-state index contributed by atoms with van der Waals surface area (Å²) >= 11 is 0. The molecule has 0 unspecified atom stereocenters. The second-order valence-corrected chi connectivity index (χ2v) is 7.17. The lowest BCUT2D eigenvalue weighted by Crippen LogP contribution is -2.49. The Morgan fingerprint density at radius 1 is 1.00 bits per heavy atom. The highest BCUT2D eigenvalue weighted by Gasteiger charge is 2.30. The van der Waals surface area contributed by atoms with Crippen molar-refractivity contribution in [3.8, 4) is 0 Å². The van der Waals surface area contributed by atoms with Gasteiger partial charge in [0.2, 0.25) is 0 Å². The maximum absolute atomic E-state index is 12.8. The fraction of sp³-hybridized carbons (Fsp3) is 0.286. The summed E-state index contributed by atoms with van der Waals surface area (Å²) in [7, 11) is 0. The van der Waals surface area contributed by atoms with Gasteiger partial charge in [-0.05, 0) is 29.8 Å². The normalized spacial score (nSPS) is 15.5. The molecule has 0 aliphatic carbocycles. The number of carbonyl (C=O) groups excluding carboxylic acids is 1. The number of aromatic nitrogens is 2. The molecule has 0 saturated carbocycles. The molecule has 9 heteroatoms. The van der Waals surface area contributed by atoms with E-state index in [-0.39, 0.29) is 11.5 Å². The predicted octanol–water partition coefficient (Wildman–Crippen LogP) is 2.67. The molecule has 1 aliphatic heterocycles. The predicted molar refractivity (Wildman–Crippen MR) is 104 cm³/mol. The molecular formula is C21H19F3N4O2. The summed E-state index contributed by atoms with van der Waals surface area (Å²) in [4.78, 5) is 33.3.